The average molecular weight is 290 g/mol. The maximum atomic E-state index is 8.71. The predicted octanol–water partition coefficient (Wildman–Crippen LogP) is 3.15. The van der Waals surface area contributed by atoms with E-state index in [0.29, 0.717) is 0 Å². The number of phenols is 3. The molecule has 2 rings (SSSR count). The number of phenolic OH excluding ortho intramolecular Hbond substituents is 3. The first kappa shape index (κ1) is 16.2. The Morgan fingerprint density at radius 2 is 1.38 bits per heavy atom. The summed E-state index contributed by atoms with van der Waals surface area (Å²) in [5, 5.41) is 26.1. The molecule has 0 aliphatic rings. The molecule has 3 N–H and O–H groups in total. The van der Waals surface area contributed by atoms with Crippen molar-refractivity contribution in [2.45, 2.75) is 0 Å². The lowest BCUT2D eigenvalue weighted by Gasteiger charge is -2.05. The van der Waals surface area contributed by atoms with Gasteiger partial charge in [-0.05, 0) is 29.8 Å². The molecular formula is C16H18O5. The summed E-state index contributed by atoms with van der Waals surface area (Å²) in [6, 6.07) is 9.63. The highest BCUT2D eigenvalue weighted by Gasteiger charge is 2.01. The lowest BCUT2D eigenvalue weighted by atomic mass is 10.2. The summed E-state index contributed by atoms with van der Waals surface area (Å²) in [7, 11) is 3.25. The zero-order valence-corrected chi connectivity index (χ0v) is 11.9. The van der Waals surface area contributed by atoms with E-state index in [-0.39, 0.29) is 11.5 Å². The minimum Gasteiger partial charge on any atom is -0.504 e. The van der Waals surface area contributed by atoms with E-state index in [1.54, 1.807) is 20.3 Å². The van der Waals surface area contributed by atoms with Crippen molar-refractivity contribution in [1.29, 1.82) is 0 Å². The number of methoxy groups -OCH3 is 2. The maximum absolute atomic E-state index is 8.71. The van der Waals surface area contributed by atoms with E-state index in [0.717, 1.165) is 17.1 Å². The van der Waals surface area contributed by atoms with Crippen LogP contribution in [-0.2, 0) is 0 Å². The van der Waals surface area contributed by atoms with Crippen LogP contribution in [0.3, 0.4) is 0 Å². The molecule has 0 bridgehead atoms. The van der Waals surface area contributed by atoms with Gasteiger partial charge in [-0.3, -0.25) is 0 Å². The number of rotatable bonds is 3. The molecular weight excluding hydrogens is 272 g/mol. The number of aromatic hydroxyl groups is 3. The summed E-state index contributed by atoms with van der Waals surface area (Å²) in [6.45, 7) is 3.67. The Hall–Kier alpha value is -2.82. The fourth-order valence-electron chi connectivity index (χ4n) is 1.47. The van der Waals surface area contributed by atoms with Crippen molar-refractivity contribution in [3.63, 3.8) is 0 Å². The van der Waals surface area contributed by atoms with Crippen LogP contribution in [-0.4, -0.2) is 29.5 Å². The van der Waals surface area contributed by atoms with Crippen LogP contribution in [0.2, 0.25) is 0 Å². The smallest absolute Gasteiger partial charge is 0.200 e. The van der Waals surface area contributed by atoms with Gasteiger partial charge >= 0.3 is 0 Å². The molecule has 0 saturated heterocycles. The van der Waals surface area contributed by atoms with Gasteiger partial charge in [0.1, 0.15) is 11.5 Å². The van der Waals surface area contributed by atoms with E-state index in [9.17, 15) is 0 Å². The fraction of sp³-hybridized carbons (Fsp3) is 0.125. The fourth-order valence-corrected chi connectivity index (χ4v) is 1.47. The number of ether oxygens (including phenoxy) is 2. The van der Waals surface area contributed by atoms with Crippen molar-refractivity contribution in [2.75, 3.05) is 14.2 Å². The van der Waals surface area contributed by atoms with Gasteiger partial charge in [-0.1, -0.05) is 18.7 Å². The maximum Gasteiger partial charge on any atom is 0.200 e. The number of hydrogen-bond acceptors (Lipinski definition) is 5. The van der Waals surface area contributed by atoms with Crippen LogP contribution in [0.15, 0.2) is 43.0 Å². The Morgan fingerprint density at radius 3 is 1.71 bits per heavy atom. The third kappa shape index (κ3) is 4.65. The van der Waals surface area contributed by atoms with Crippen LogP contribution in [0, 0.1) is 0 Å². The molecule has 0 amide bonds. The van der Waals surface area contributed by atoms with Gasteiger partial charge in [-0.2, -0.15) is 0 Å². The molecule has 112 valence electrons. The SMILES string of the molecule is C=Cc1cc(OC)cc(OC)c1.Oc1cccc(O)c1O. The molecule has 0 aliphatic heterocycles. The Labute approximate surface area is 123 Å². The van der Waals surface area contributed by atoms with Gasteiger partial charge in [0.05, 0.1) is 14.2 Å². The molecule has 2 aromatic carbocycles. The molecule has 0 radical (unpaired) electrons. The lowest BCUT2D eigenvalue weighted by Crippen LogP contribution is -1.87. The molecule has 5 heteroatoms. The van der Waals surface area contributed by atoms with Gasteiger partial charge in [-0.25, -0.2) is 0 Å². The van der Waals surface area contributed by atoms with Gasteiger partial charge in [0.25, 0.3) is 0 Å². The minimum absolute atomic E-state index is 0.310. The van der Waals surface area contributed by atoms with Gasteiger partial charge in [0, 0.05) is 6.07 Å². The first-order valence-electron chi connectivity index (χ1n) is 6.07. The van der Waals surface area contributed by atoms with E-state index >= 15 is 0 Å². The van der Waals surface area contributed by atoms with E-state index in [2.05, 4.69) is 6.58 Å². The summed E-state index contributed by atoms with van der Waals surface area (Å²) in [6.07, 6.45) is 1.76. The molecule has 0 unspecified atom stereocenters. The molecule has 0 aromatic heterocycles. The van der Waals surface area contributed by atoms with E-state index < -0.39 is 5.75 Å². The normalized spacial score (nSPS) is 9.24. The monoisotopic (exact) mass is 290 g/mol. The molecule has 21 heavy (non-hydrogen) atoms. The van der Waals surface area contributed by atoms with Crippen molar-refractivity contribution < 1.29 is 24.8 Å². The molecule has 0 heterocycles. The van der Waals surface area contributed by atoms with Gasteiger partial charge in [0.2, 0.25) is 0 Å². The molecule has 0 fully saturated rings. The molecule has 2 aromatic rings. The van der Waals surface area contributed by atoms with Gasteiger partial charge in [-0.15, -0.1) is 0 Å². The predicted molar refractivity (Wildman–Crippen MR) is 81.1 cm³/mol. The van der Waals surface area contributed by atoms with E-state index in [1.807, 2.05) is 18.2 Å². The standard InChI is InChI=1S/C10H12O2.C6H6O3/c1-4-8-5-9(11-2)7-10(6-8)12-3;7-4-2-1-3-5(8)6(4)9/h4-7H,1H2,2-3H3;1-3,7-9H. The number of para-hydroxylation sites is 1. The molecule has 5 nitrogen and oxygen atoms in total. The highest BCUT2D eigenvalue weighted by atomic mass is 16.5. The Bertz CT molecular complexity index is 565. The van der Waals surface area contributed by atoms with E-state index in [1.165, 1.54) is 18.2 Å². The van der Waals surface area contributed by atoms with Crippen LogP contribution in [0.5, 0.6) is 28.7 Å². The van der Waals surface area contributed by atoms with Crippen LogP contribution in [0.25, 0.3) is 6.08 Å². The second kappa shape index (κ2) is 7.69. The van der Waals surface area contributed by atoms with Crippen LogP contribution in [0.1, 0.15) is 5.56 Å². The van der Waals surface area contributed by atoms with Crippen LogP contribution in [0.4, 0.5) is 0 Å². The summed E-state index contributed by atoms with van der Waals surface area (Å²) in [4.78, 5) is 0. The zero-order valence-electron chi connectivity index (χ0n) is 11.9. The Kier molecular flexibility index (Phi) is 5.95. The quantitative estimate of drug-likeness (QED) is 0.757. The lowest BCUT2D eigenvalue weighted by molar-refractivity contribution is 0.368. The van der Waals surface area contributed by atoms with Crippen molar-refractivity contribution >= 4 is 6.08 Å². The second-order valence-electron chi connectivity index (χ2n) is 3.99. The van der Waals surface area contributed by atoms with Gasteiger partial charge < -0.3 is 24.8 Å². The van der Waals surface area contributed by atoms with Crippen molar-refractivity contribution in [3.05, 3.63) is 48.5 Å². The van der Waals surface area contributed by atoms with Crippen molar-refractivity contribution in [2.24, 2.45) is 0 Å². The Morgan fingerprint density at radius 1 is 0.905 bits per heavy atom. The zero-order chi connectivity index (χ0) is 15.8. The largest absolute Gasteiger partial charge is 0.504 e. The molecule has 0 atom stereocenters. The number of hydrogen-bond donors (Lipinski definition) is 3. The second-order valence-corrected chi connectivity index (χ2v) is 3.99. The summed E-state index contributed by atoms with van der Waals surface area (Å²) in [5.41, 5.74) is 0.992. The summed E-state index contributed by atoms with van der Waals surface area (Å²) >= 11 is 0. The van der Waals surface area contributed by atoms with E-state index in [4.69, 9.17) is 24.8 Å². The summed E-state index contributed by atoms with van der Waals surface area (Å²) in [5.74, 6) is 0.469. The molecule has 0 saturated carbocycles. The first-order chi connectivity index (χ1) is 10.0. The third-order valence-corrected chi connectivity index (χ3v) is 2.60. The molecule has 0 spiro atoms. The van der Waals surface area contributed by atoms with Crippen molar-refractivity contribution in [3.8, 4) is 28.7 Å². The number of benzene rings is 2. The summed E-state index contributed by atoms with van der Waals surface area (Å²) < 4.78 is 10.1. The average Bonchev–Trinajstić information content (AvgIpc) is 2.52. The van der Waals surface area contributed by atoms with Crippen molar-refractivity contribution in [1.82, 2.24) is 0 Å². The first-order valence-corrected chi connectivity index (χ1v) is 6.07. The molecule has 0 aliphatic carbocycles. The Balaban J connectivity index is 0.000000219. The minimum atomic E-state index is -0.475. The highest BCUT2D eigenvalue weighted by molar-refractivity contribution is 5.53. The highest BCUT2D eigenvalue weighted by Crippen LogP contribution is 2.32. The van der Waals surface area contributed by atoms with Crippen LogP contribution >= 0.6 is 0 Å². The van der Waals surface area contributed by atoms with Crippen LogP contribution < -0.4 is 9.47 Å². The van der Waals surface area contributed by atoms with Gasteiger partial charge in [0.15, 0.2) is 17.2 Å². The third-order valence-electron chi connectivity index (χ3n) is 2.60. The topological polar surface area (TPSA) is 79.2 Å².